The highest BCUT2D eigenvalue weighted by Crippen LogP contribution is 2.34. The zero-order chi connectivity index (χ0) is 14.5. The van der Waals surface area contributed by atoms with Crippen molar-refractivity contribution in [1.29, 1.82) is 5.26 Å². The molecule has 1 nitrogen and oxygen atoms in total. The van der Waals surface area contributed by atoms with Gasteiger partial charge in [0.15, 0.2) is 0 Å². The first-order chi connectivity index (χ1) is 9.63. The maximum absolute atomic E-state index is 13.4. The van der Waals surface area contributed by atoms with Crippen molar-refractivity contribution in [1.82, 2.24) is 0 Å². The molecule has 20 heavy (non-hydrogen) atoms. The van der Waals surface area contributed by atoms with Gasteiger partial charge in [0.05, 0.1) is 11.1 Å². The molecule has 0 saturated heterocycles. The summed E-state index contributed by atoms with van der Waals surface area (Å²) < 4.78 is 39.0. The maximum Gasteiger partial charge on any atom is 0.267 e. The molecule has 2 aromatic rings. The highest BCUT2D eigenvalue weighted by molar-refractivity contribution is 7.98. The van der Waals surface area contributed by atoms with Gasteiger partial charge in [-0.25, -0.2) is 13.2 Å². The molecule has 0 fully saturated rings. The van der Waals surface area contributed by atoms with Gasteiger partial charge in [0.1, 0.15) is 11.9 Å². The molecule has 102 valence electrons. The molecule has 0 aliphatic heterocycles. The van der Waals surface area contributed by atoms with Crippen molar-refractivity contribution in [3.05, 3.63) is 65.0 Å². The fourth-order valence-corrected chi connectivity index (χ4v) is 2.74. The lowest BCUT2D eigenvalue weighted by Crippen LogP contribution is -1.98. The smallest absolute Gasteiger partial charge is 0.206 e. The molecule has 0 spiro atoms. The summed E-state index contributed by atoms with van der Waals surface area (Å²) in [6.45, 7) is 0. The lowest BCUT2D eigenvalue weighted by molar-refractivity contribution is 0.145. The van der Waals surface area contributed by atoms with E-state index in [1.165, 1.54) is 17.8 Å². The first-order valence-electron chi connectivity index (χ1n) is 5.81. The van der Waals surface area contributed by atoms with Crippen molar-refractivity contribution < 1.29 is 13.2 Å². The monoisotopic (exact) mass is 293 g/mol. The van der Waals surface area contributed by atoms with Crippen molar-refractivity contribution in [2.45, 2.75) is 17.1 Å². The van der Waals surface area contributed by atoms with E-state index in [1.807, 2.05) is 30.3 Å². The van der Waals surface area contributed by atoms with Crippen LogP contribution in [-0.2, 0) is 5.75 Å². The minimum atomic E-state index is -3.00. The fourth-order valence-electron chi connectivity index (χ4n) is 1.76. The van der Waals surface area contributed by atoms with Gasteiger partial charge in [-0.05, 0) is 17.7 Å². The fraction of sp³-hybridized carbons (Fsp3) is 0.133. The summed E-state index contributed by atoms with van der Waals surface area (Å²) in [5.41, 5.74) is -0.0872. The van der Waals surface area contributed by atoms with Gasteiger partial charge in [0.2, 0.25) is 0 Å². The van der Waals surface area contributed by atoms with Crippen LogP contribution < -0.4 is 0 Å². The molecule has 0 atom stereocenters. The minimum absolute atomic E-state index is 0.277. The second-order valence-corrected chi connectivity index (χ2v) is 5.04. The second kappa shape index (κ2) is 6.49. The first kappa shape index (κ1) is 14.5. The van der Waals surface area contributed by atoms with Gasteiger partial charge < -0.3 is 0 Å². The lowest BCUT2D eigenvalue weighted by Gasteiger charge is -2.09. The highest BCUT2D eigenvalue weighted by Gasteiger charge is 2.21. The summed E-state index contributed by atoms with van der Waals surface area (Å²) in [4.78, 5) is 0.369. The van der Waals surface area contributed by atoms with Gasteiger partial charge in [-0.15, -0.1) is 11.8 Å². The molecule has 2 rings (SSSR count). The molecule has 0 saturated carbocycles. The van der Waals surface area contributed by atoms with E-state index in [1.54, 1.807) is 6.07 Å². The predicted molar refractivity (Wildman–Crippen MR) is 72.1 cm³/mol. The number of benzene rings is 2. The summed E-state index contributed by atoms with van der Waals surface area (Å²) in [7, 11) is 0. The maximum atomic E-state index is 13.4. The van der Waals surface area contributed by atoms with Crippen LogP contribution in [0.25, 0.3) is 0 Å². The topological polar surface area (TPSA) is 23.8 Å². The molecule has 0 aromatic heterocycles. The summed E-state index contributed by atoms with van der Waals surface area (Å²) in [5, 5.41) is 9.01. The molecular formula is C15H10F3NS. The van der Waals surface area contributed by atoms with Crippen molar-refractivity contribution in [2.75, 3.05) is 0 Å². The van der Waals surface area contributed by atoms with Crippen molar-refractivity contribution in [3.8, 4) is 6.07 Å². The number of alkyl halides is 2. The number of thioether (sulfide) groups is 1. The average Bonchev–Trinajstić information content (AvgIpc) is 2.46. The van der Waals surface area contributed by atoms with E-state index < -0.39 is 17.8 Å². The van der Waals surface area contributed by atoms with E-state index in [9.17, 15) is 13.2 Å². The van der Waals surface area contributed by atoms with Crippen LogP contribution in [0.5, 0.6) is 0 Å². The van der Waals surface area contributed by atoms with Crippen LogP contribution in [0.1, 0.15) is 23.1 Å². The van der Waals surface area contributed by atoms with E-state index in [4.69, 9.17) is 5.26 Å². The Balaban J connectivity index is 2.29. The number of hydrogen-bond acceptors (Lipinski definition) is 2. The number of nitrogens with zero attached hydrogens (tertiary/aromatic N) is 1. The van der Waals surface area contributed by atoms with Crippen molar-refractivity contribution in [2.24, 2.45) is 0 Å². The summed E-state index contributed by atoms with van der Waals surface area (Å²) in [5.74, 6) is -0.510. The van der Waals surface area contributed by atoms with Crippen LogP contribution in [0, 0.1) is 17.1 Å². The van der Waals surface area contributed by atoms with Crippen molar-refractivity contribution >= 4 is 11.8 Å². The largest absolute Gasteiger partial charge is 0.267 e. The standard InChI is InChI=1S/C15H10F3NS/c16-12-6-7-13(11(8-19)14(12)15(17)18)20-9-10-4-2-1-3-5-10/h1-7,15H,9H2. The molecule has 0 radical (unpaired) electrons. The van der Waals surface area contributed by atoms with E-state index in [0.29, 0.717) is 10.6 Å². The second-order valence-electron chi connectivity index (χ2n) is 4.02. The van der Waals surface area contributed by atoms with Crippen LogP contribution in [0.4, 0.5) is 13.2 Å². The van der Waals surface area contributed by atoms with Crippen LogP contribution in [0.2, 0.25) is 0 Å². The van der Waals surface area contributed by atoms with E-state index in [-0.39, 0.29) is 5.56 Å². The minimum Gasteiger partial charge on any atom is -0.206 e. The third-order valence-corrected chi connectivity index (χ3v) is 3.85. The molecule has 2 aromatic carbocycles. The van der Waals surface area contributed by atoms with E-state index >= 15 is 0 Å². The normalized spacial score (nSPS) is 10.6. The van der Waals surface area contributed by atoms with Gasteiger partial charge in [-0.1, -0.05) is 30.3 Å². The van der Waals surface area contributed by atoms with Gasteiger partial charge in [0, 0.05) is 10.6 Å². The molecule has 0 heterocycles. The Morgan fingerprint density at radius 1 is 1.10 bits per heavy atom. The Morgan fingerprint density at radius 2 is 1.80 bits per heavy atom. The van der Waals surface area contributed by atoms with Gasteiger partial charge >= 0.3 is 0 Å². The number of nitriles is 1. The van der Waals surface area contributed by atoms with Crippen molar-refractivity contribution in [3.63, 3.8) is 0 Å². The van der Waals surface area contributed by atoms with Crippen LogP contribution in [-0.4, -0.2) is 0 Å². The molecule has 0 unspecified atom stereocenters. The van der Waals surface area contributed by atoms with E-state index in [2.05, 4.69) is 0 Å². The molecule has 0 N–H and O–H groups in total. The zero-order valence-corrected chi connectivity index (χ0v) is 11.1. The Hall–Kier alpha value is -1.93. The van der Waals surface area contributed by atoms with Crippen LogP contribution in [0.15, 0.2) is 47.4 Å². The summed E-state index contributed by atoms with van der Waals surface area (Å²) >= 11 is 1.24. The van der Waals surface area contributed by atoms with E-state index in [0.717, 1.165) is 11.6 Å². The van der Waals surface area contributed by atoms with Gasteiger partial charge in [-0.3, -0.25) is 0 Å². The number of rotatable bonds is 4. The first-order valence-corrected chi connectivity index (χ1v) is 6.79. The molecule has 5 heteroatoms. The molecule has 0 amide bonds. The third-order valence-electron chi connectivity index (χ3n) is 2.72. The summed E-state index contributed by atoms with van der Waals surface area (Å²) in [6.07, 6.45) is -3.00. The third kappa shape index (κ3) is 3.14. The highest BCUT2D eigenvalue weighted by atomic mass is 32.2. The predicted octanol–water partition coefficient (Wildman–Crippen LogP) is 4.93. The van der Waals surface area contributed by atoms with Crippen LogP contribution in [0.3, 0.4) is 0 Å². The molecule has 0 aliphatic carbocycles. The summed E-state index contributed by atoms with van der Waals surface area (Å²) in [6, 6.07) is 13.5. The molecular weight excluding hydrogens is 283 g/mol. The quantitative estimate of drug-likeness (QED) is 0.746. The van der Waals surface area contributed by atoms with Crippen LogP contribution >= 0.6 is 11.8 Å². The Bertz CT molecular complexity index is 636. The zero-order valence-electron chi connectivity index (χ0n) is 10.3. The van der Waals surface area contributed by atoms with Gasteiger partial charge in [-0.2, -0.15) is 5.26 Å². The Morgan fingerprint density at radius 3 is 2.40 bits per heavy atom. The van der Waals surface area contributed by atoms with Gasteiger partial charge in [0.25, 0.3) is 6.43 Å². The Labute approximate surface area is 119 Å². The SMILES string of the molecule is N#Cc1c(SCc2ccccc2)ccc(F)c1C(F)F. The Kier molecular flexibility index (Phi) is 4.70. The average molecular weight is 293 g/mol. The molecule has 0 aliphatic rings. The number of halogens is 3. The number of hydrogen-bond donors (Lipinski definition) is 0. The lowest BCUT2D eigenvalue weighted by atomic mass is 10.1. The molecule has 0 bridgehead atoms.